The fourth-order valence-electron chi connectivity index (χ4n) is 3.94. The Morgan fingerprint density at radius 1 is 1.14 bits per heavy atom. The fraction of sp³-hybridized carbons (Fsp3) is 0.684. The summed E-state index contributed by atoms with van der Waals surface area (Å²) in [4.78, 5) is 43.6. The second-order valence-electron chi connectivity index (χ2n) is 7.77. The molecule has 1 aliphatic rings. The third-order valence-corrected chi connectivity index (χ3v) is 5.45. The van der Waals surface area contributed by atoms with Gasteiger partial charge in [-0.05, 0) is 31.8 Å². The monoisotopic (exact) mass is 391 g/mol. The Hall–Kier alpha value is -2.42. The molecule has 0 amide bonds. The molecule has 1 aliphatic heterocycles. The molecule has 0 aromatic carbocycles. The van der Waals surface area contributed by atoms with Crippen LogP contribution in [0.5, 0.6) is 0 Å². The van der Waals surface area contributed by atoms with Crippen molar-refractivity contribution in [3.05, 3.63) is 27.2 Å². The number of carbonyl (C=O) groups excluding carboxylic acids is 1. The molecule has 3 heterocycles. The van der Waals surface area contributed by atoms with Crippen LogP contribution >= 0.6 is 0 Å². The maximum Gasteiger partial charge on any atom is 0.332 e. The van der Waals surface area contributed by atoms with Gasteiger partial charge in [-0.2, -0.15) is 0 Å². The lowest BCUT2D eigenvalue weighted by molar-refractivity contribution is -0.152. The van der Waals surface area contributed by atoms with Gasteiger partial charge in [-0.1, -0.05) is 20.3 Å². The van der Waals surface area contributed by atoms with Gasteiger partial charge in [0.15, 0.2) is 11.2 Å². The van der Waals surface area contributed by atoms with Crippen LogP contribution in [-0.2, 0) is 30.2 Å². The molecule has 9 nitrogen and oxygen atoms in total. The Morgan fingerprint density at radius 3 is 2.46 bits per heavy atom. The van der Waals surface area contributed by atoms with Gasteiger partial charge >= 0.3 is 11.7 Å². The lowest BCUT2D eigenvalue weighted by Crippen LogP contribution is -2.48. The summed E-state index contributed by atoms with van der Waals surface area (Å²) in [6, 6.07) is -0.242. The first-order chi connectivity index (χ1) is 13.3. The number of hydrogen-bond donors (Lipinski definition) is 0. The molecule has 0 N–H and O–H groups in total. The lowest BCUT2D eigenvalue weighted by Gasteiger charge is -2.35. The van der Waals surface area contributed by atoms with Gasteiger partial charge in [0.25, 0.3) is 5.56 Å². The van der Waals surface area contributed by atoms with E-state index in [-0.39, 0.29) is 24.5 Å². The first kappa shape index (κ1) is 20.3. The summed E-state index contributed by atoms with van der Waals surface area (Å²) in [5.74, 6) is -0.0527. The highest BCUT2D eigenvalue weighted by Gasteiger charge is 2.31. The van der Waals surface area contributed by atoms with Gasteiger partial charge < -0.3 is 9.30 Å². The molecule has 28 heavy (non-hydrogen) atoms. The summed E-state index contributed by atoms with van der Waals surface area (Å²) >= 11 is 0. The van der Waals surface area contributed by atoms with E-state index < -0.39 is 11.2 Å². The van der Waals surface area contributed by atoms with E-state index >= 15 is 0 Å². The van der Waals surface area contributed by atoms with Crippen LogP contribution in [0.25, 0.3) is 11.2 Å². The number of aryl methyl sites for hydroxylation is 1. The summed E-state index contributed by atoms with van der Waals surface area (Å²) in [5, 5.41) is 0. The maximum atomic E-state index is 12.7. The number of fused-ring (bicyclic) bond motifs is 1. The van der Waals surface area contributed by atoms with Gasteiger partial charge in [0.1, 0.15) is 12.6 Å². The number of ether oxygens (including phenoxy) is 1. The summed E-state index contributed by atoms with van der Waals surface area (Å²) < 4.78 is 9.58. The minimum Gasteiger partial charge on any atom is -0.463 e. The molecule has 1 fully saturated rings. The van der Waals surface area contributed by atoms with E-state index in [2.05, 4.69) is 9.88 Å². The fourth-order valence-corrected chi connectivity index (χ4v) is 3.94. The van der Waals surface area contributed by atoms with Crippen LogP contribution in [0.2, 0.25) is 0 Å². The molecule has 1 saturated heterocycles. The van der Waals surface area contributed by atoms with Gasteiger partial charge in [0.2, 0.25) is 0 Å². The van der Waals surface area contributed by atoms with Gasteiger partial charge in [-0.3, -0.25) is 23.6 Å². The average Bonchev–Trinajstić information content (AvgIpc) is 3.09. The minimum absolute atomic E-state index is 0.146. The first-order valence-corrected chi connectivity index (χ1v) is 9.84. The molecule has 0 bridgehead atoms. The Bertz CT molecular complexity index is 965. The zero-order chi connectivity index (χ0) is 20.4. The third-order valence-electron chi connectivity index (χ3n) is 5.45. The molecular formula is C19H29N5O4. The molecule has 0 radical (unpaired) electrons. The Kier molecular flexibility index (Phi) is 6.02. The molecular weight excluding hydrogens is 362 g/mol. The van der Waals surface area contributed by atoms with E-state index in [0.29, 0.717) is 17.7 Å². The highest BCUT2D eigenvalue weighted by atomic mass is 16.5. The highest BCUT2D eigenvalue weighted by Crippen LogP contribution is 2.19. The van der Waals surface area contributed by atoms with Crippen molar-refractivity contribution in [1.29, 1.82) is 0 Å². The van der Waals surface area contributed by atoms with Crippen molar-refractivity contribution in [1.82, 2.24) is 23.6 Å². The number of esters is 1. The topological polar surface area (TPSA) is 91.4 Å². The van der Waals surface area contributed by atoms with E-state index in [1.165, 1.54) is 24.4 Å². The van der Waals surface area contributed by atoms with Crippen molar-refractivity contribution >= 4 is 17.1 Å². The van der Waals surface area contributed by atoms with Crippen molar-refractivity contribution in [2.24, 2.45) is 20.0 Å². The van der Waals surface area contributed by atoms with E-state index in [0.717, 1.165) is 30.5 Å². The number of rotatable bonds is 6. The zero-order valence-electron chi connectivity index (χ0n) is 17.1. The summed E-state index contributed by atoms with van der Waals surface area (Å²) in [5.41, 5.74) is -0.171. The number of carbonyl (C=O) groups is 1. The van der Waals surface area contributed by atoms with Crippen LogP contribution in [0.15, 0.2) is 15.9 Å². The predicted octanol–water partition coefficient (Wildman–Crippen LogP) is 0.487. The number of aromatic nitrogens is 4. The quantitative estimate of drug-likeness (QED) is 0.666. The highest BCUT2D eigenvalue weighted by molar-refractivity contribution is 5.76. The van der Waals surface area contributed by atoms with Gasteiger partial charge in [-0.15, -0.1) is 0 Å². The lowest BCUT2D eigenvalue weighted by atomic mass is 9.99. The number of imidazole rings is 1. The Morgan fingerprint density at radius 2 is 1.82 bits per heavy atom. The average molecular weight is 391 g/mol. The van der Waals surface area contributed by atoms with Gasteiger partial charge in [-0.25, -0.2) is 9.78 Å². The van der Waals surface area contributed by atoms with Crippen LogP contribution in [0.3, 0.4) is 0 Å². The summed E-state index contributed by atoms with van der Waals surface area (Å²) in [6.07, 6.45) is 4.94. The van der Waals surface area contributed by atoms with E-state index in [4.69, 9.17) is 4.74 Å². The van der Waals surface area contributed by atoms with Gasteiger partial charge in [0.05, 0.1) is 12.9 Å². The standard InChI is InChI=1S/C19H29N5O4/c1-13(2)14(23-8-6-5-7-9-23)18(26)28-11-10-24-12-20-16-15(24)17(25)22(4)19(27)21(16)3/h12-14H,5-11H2,1-4H3. The van der Waals surface area contributed by atoms with Gasteiger partial charge in [0, 0.05) is 14.1 Å². The van der Waals surface area contributed by atoms with Crippen molar-refractivity contribution in [2.45, 2.75) is 45.7 Å². The molecule has 154 valence electrons. The Balaban J connectivity index is 1.71. The van der Waals surface area contributed by atoms with Crippen molar-refractivity contribution in [3.63, 3.8) is 0 Å². The molecule has 9 heteroatoms. The summed E-state index contributed by atoms with van der Waals surface area (Å²) in [6.45, 7) is 6.37. The van der Waals surface area contributed by atoms with Crippen LogP contribution < -0.4 is 11.2 Å². The SMILES string of the molecule is CC(C)C(C(=O)OCCn1cnc2c1c(=O)n(C)c(=O)n2C)N1CCCCC1. The molecule has 1 unspecified atom stereocenters. The number of piperidine rings is 1. The first-order valence-electron chi connectivity index (χ1n) is 9.84. The van der Waals surface area contributed by atoms with Crippen LogP contribution in [0.4, 0.5) is 0 Å². The minimum atomic E-state index is -0.421. The van der Waals surface area contributed by atoms with E-state index in [1.807, 2.05) is 13.8 Å². The largest absolute Gasteiger partial charge is 0.463 e. The third kappa shape index (κ3) is 3.76. The molecule has 2 aromatic rings. The second-order valence-corrected chi connectivity index (χ2v) is 7.77. The smallest absolute Gasteiger partial charge is 0.332 e. The number of nitrogens with zero attached hydrogens (tertiary/aromatic N) is 5. The normalized spacial score (nSPS) is 16.6. The molecule has 1 atom stereocenters. The molecule has 0 spiro atoms. The molecule has 0 aliphatic carbocycles. The number of likely N-dealkylation sites (tertiary alicyclic amines) is 1. The molecule has 0 saturated carbocycles. The van der Waals surface area contributed by atoms with Crippen LogP contribution in [-0.4, -0.2) is 55.3 Å². The van der Waals surface area contributed by atoms with Crippen molar-refractivity contribution < 1.29 is 9.53 Å². The maximum absolute atomic E-state index is 12.7. The molecule has 2 aromatic heterocycles. The Labute approximate surface area is 163 Å². The van der Waals surface area contributed by atoms with Crippen LogP contribution in [0.1, 0.15) is 33.1 Å². The van der Waals surface area contributed by atoms with Crippen molar-refractivity contribution in [2.75, 3.05) is 19.7 Å². The number of hydrogen-bond acceptors (Lipinski definition) is 6. The zero-order valence-corrected chi connectivity index (χ0v) is 17.1. The predicted molar refractivity (Wildman–Crippen MR) is 105 cm³/mol. The van der Waals surface area contributed by atoms with Crippen LogP contribution in [0, 0.1) is 5.92 Å². The van der Waals surface area contributed by atoms with E-state index in [9.17, 15) is 14.4 Å². The second kappa shape index (κ2) is 8.30. The molecule has 3 rings (SSSR count). The van der Waals surface area contributed by atoms with Crippen molar-refractivity contribution in [3.8, 4) is 0 Å². The van der Waals surface area contributed by atoms with E-state index in [1.54, 1.807) is 11.6 Å². The summed E-state index contributed by atoms with van der Waals surface area (Å²) in [7, 11) is 3.01.